The van der Waals surface area contributed by atoms with Gasteiger partial charge in [-0.05, 0) is 30.1 Å². The van der Waals surface area contributed by atoms with Crippen molar-refractivity contribution >= 4 is 11.9 Å². The molecule has 0 fully saturated rings. The average Bonchev–Trinajstić information content (AvgIpc) is 2.59. The number of carbonyl (C=O) groups is 2. The summed E-state index contributed by atoms with van der Waals surface area (Å²) >= 11 is 0. The standard InChI is InChI=1S/C24H46O4/c1-19(2)9-6-10-20(3)11-7-12-21(4)13-8-14-22(5)17-18-28-24(27)16-15-23(25)26/h19-22H,6-18H2,1-5H3,(H,25,26)/t20-,21-,22?/m1/s1. The predicted molar refractivity (Wildman–Crippen MR) is 116 cm³/mol. The van der Waals surface area contributed by atoms with Crippen LogP contribution in [0.2, 0.25) is 0 Å². The van der Waals surface area contributed by atoms with Crippen molar-refractivity contribution in [3.05, 3.63) is 0 Å². The first-order valence-corrected chi connectivity index (χ1v) is 11.6. The Morgan fingerprint density at radius 3 is 1.54 bits per heavy atom. The molecule has 4 heteroatoms. The van der Waals surface area contributed by atoms with E-state index in [4.69, 9.17) is 9.84 Å². The van der Waals surface area contributed by atoms with Crippen molar-refractivity contribution in [2.75, 3.05) is 6.61 Å². The number of esters is 1. The lowest BCUT2D eigenvalue weighted by molar-refractivity contribution is -0.148. The van der Waals surface area contributed by atoms with Crippen molar-refractivity contribution in [1.82, 2.24) is 0 Å². The summed E-state index contributed by atoms with van der Waals surface area (Å²) in [4.78, 5) is 21.8. The van der Waals surface area contributed by atoms with Gasteiger partial charge in [0.05, 0.1) is 19.4 Å². The van der Waals surface area contributed by atoms with Crippen LogP contribution in [0.1, 0.15) is 112 Å². The zero-order valence-electron chi connectivity index (χ0n) is 19.2. The SMILES string of the molecule is CC(C)CCC[C@@H](C)CCC[C@@H](C)CCCC(C)CCOC(=O)CCC(=O)O. The predicted octanol–water partition coefficient (Wildman–Crippen LogP) is 6.86. The fourth-order valence-electron chi connectivity index (χ4n) is 3.59. The number of carbonyl (C=O) groups excluding carboxylic acids is 1. The van der Waals surface area contributed by atoms with Gasteiger partial charge in [0.25, 0.3) is 0 Å². The summed E-state index contributed by atoms with van der Waals surface area (Å²) in [7, 11) is 0. The minimum atomic E-state index is -0.958. The molecule has 0 aliphatic carbocycles. The lowest BCUT2D eigenvalue weighted by Gasteiger charge is -2.16. The third-order valence-electron chi connectivity index (χ3n) is 5.68. The summed E-state index contributed by atoms with van der Waals surface area (Å²) < 4.78 is 5.10. The summed E-state index contributed by atoms with van der Waals surface area (Å²) in [5.41, 5.74) is 0. The maximum atomic E-state index is 11.4. The van der Waals surface area contributed by atoms with Gasteiger partial charge < -0.3 is 9.84 Å². The van der Waals surface area contributed by atoms with Gasteiger partial charge in [-0.15, -0.1) is 0 Å². The number of rotatable bonds is 18. The quantitative estimate of drug-likeness (QED) is 0.256. The summed E-state index contributed by atoms with van der Waals surface area (Å²) in [5, 5.41) is 8.54. The highest BCUT2D eigenvalue weighted by atomic mass is 16.5. The molecule has 0 aromatic carbocycles. The molecule has 4 nitrogen and oxygen atoms in total. The lowest BCUT2D eigenvalue weighted by Crippen LogP contribution is -2.10. The van der Waals surface area contributed by atoms with Crippen molar-refractivity contribution in [2.45, 2.75) is 112 Å². The maximum Gasteiger partial charge on any atom is 0.306 e. The minimum Gasteiger partial charge on any atom is -0.481 e. The van der Waals surface area contributed by atoms with Crippen LogP contribution >= 0.6 is 0 Å². The fourth-order valence-corrected chi connectivity index (χ4v) is 3.59. The largest absolute Gasteiger partial charge is 0.481 e. The Morgan fingerprint density at radius 1 is 0.679 bits per heavy atom. The first kappa shape index (κ1) is 26.9. The van der Waals surface area contributed by atoms with Crippen LogP contribution in [0.3, 0.4) is 0 Å². The van der Waals surface area contributed by atoms with Crippen LogP contribution in [0.4, 0.5) is 0 Å². The molecule has 1 unspecified atom stereocenters. The second kappa shape index (κ2) is 16.9. The van der Waals surface area contributed by atoms with Gasteiger partial charge in [-0.1, -0.05) is 92.4 Å². The van der Waals surface area contributed by atoms with Crippen molar-refractivity contribution < 1.29 is 19.4 Å². The van der Waals surface area contributed by atoms with E-state index in [1.54, 1.807) is 0 Å². The Hall–Kier alpha value is -1.06. The summed E-state index contributed by atoms with van der Waals surface area (Å²) in [6, 6.07) is 0. The summed E-state index contributed by atoms with van der Waals surface area (Å²) in [6.07, 6.45) is 12.5. The Kier molecular flexibility index (Phi) is 16.2. The smallest absolute Gasteiger partial charge is 0.306 e. The Balaban J connectivity index is 3.59. The minimum absolute atomic E-state index is 0.0302. The Bertz CT molecular complexity index is 405. The summed E-state index contributed by atoms with van der Waals surface area (Å²) in [6.45, 7) is 12.0. The molecule has 0 aliphatic heterocycles. The molecule has 0 aromatic rings. The van der Waals surface area contributed by atoms with Crippen LogP contribution < -0.4 is 0 Å². The van der Waals surface area contributed by atoms with Crippen LogP contribution in [0.15, 0.2) is 0 Å². The molecular weight excluding hydrogens is 352 g/mol. The maximum absolute atomic E-state index is 11.4. The van der Waals surface area contributed by atoms with Crippen LogP contribution in [-0.2, 0) is 14.3 Å². The molecule has 3 atom stereocenters. The highest BCUT2D eigenvalue weighted by Crippen LogP contribution is 2.22. The number of carboxylic acid groups (broad SMARTS) is 1. The van der Waals surface area contributed by atoms with Gasteiger partial charge in [0, 0.05) is 0 Å². The molecule has 0 amide bonds. The van der Waals surface area contributed by atoms with E-state index in [0.29, 0.717) is 12.5 Å². The molecule has 0 aromatic heterocycles. The molecule has 0 radical (unpaired) electrons. The van der Waals surface area contributed by atoms with Gasteiger partial charge in [-0.2, -0.15) is 0 Å². The molecule has 0 rings (SSSR count). The van der Waals surface area contributed by atoms with E-state index in [-0.39, 0.29) is 12.8 Å². The van der Waals surface area contributed by atoms with Gasteiger partial charge in [-0.3, -0.25) is 9.59 Å². The molecule has 0 spiro atoms. The van der Waals surface area contributed by atoms with Crippen LogP contribution in [-0.4, -0.2) is 23.7 Å². The van der Waals surface area contributed by atoms with Gasteiger partial charge in [0.2, 0.25) is 0 Å². The number of aliphatic carboxylic acids is 1. The van der Waals surface area contributed by atoms with Crippen LogP contribution in [0.25, 0.3) is 0 Å². The second-order valence-electron chi connectivity index (χ2n) is 9.40. The molecule has 0 saturated heterocycles. The zero-order valence-corrected chi connectivity index (χ0v) is 19.2. The van der Waals surface area contributed by atoms with Crippen molar-refractivity contribution in [2.24, 2.45) is 23.7 Å². The number of hydrogen-bond acceptors (Lipinski definition) is 3. The molecular formula is C24H46O4. The molecule has 0 aliphatic rings. The van der Waals surface area contributed by atoms with Gasteiger partial charge in [0.15, 0.2) is 0 Å². The third-order valence-corrected chi connectivity index (χ3v) is 5.68. The first-order chi connectivity index (χ1) is 13.2. The molecule has 0 heterocycles. The van der Waals surface area contributed by atoms with Crippen molar-refractivity contribution in [3.8, 4) is 0 Å². The lowest BCUT2D eigenvalue weighted by atomic mass is 9.91. The fraction of sp³-hybridized carbons (Fsp3) is 0.917. The van der Waals surface area contributed by atoms with E-state index >= 15 is 0 Å². The molecule has 28 heavy (non-hydrogen) atoms. The molecule has 166 valence electrons. The van der Waals surface area contributed by atoms with Gasteiger partial charge >= 0.3 is 11.9 Å². The highest BCUT2D eigenvalue weighted by Gasteiger charge is 2.10. The van der Waals surface area contributed by atoms with Crippen molar-refractivity contribution in [3.63, 3.8) is 0 Å². The number of carboxylic acids is 1. The normalized spacial score (nSPS) is 14.6. The summed E-state index contributed by atoms with van der Waals surface area (Å²) in [5.74, 6) is 1.67. The number of hydrogen-bond donors (Lipinski definition) is 1. The third kappa shape index (κ3) is 18.3. The van der Waals surface area contributed by atoms with E-state index < -0.39 is 11.9 Å². The van der Waals surface area contributed by atoms with E-state index in [1.165, 1.54) is 57.8 Å². The topological polar surface area (TPSA) is 63.6 Å². The first-order valence-electron chi connectivity index (χ1n) is 11.6. The van der Waals surface area contributed by atoms with Gasteiger partial charge in [0.1, 0.15) is 0 Å². The van der Waals surface area contributed by atoms with E-state index in [0.717, 1.165) is 24.2 Å². The number of ether oxygens (including phenoxy) is 1. The van der Waals surface area contributed by atoms with Crippen LogP contribution in [0, 0.1) is 23.7 Å². The molecule has 0 saturated carbocycles. The molecule has 1 N–H and O–H groups in total. The van der Waals surface area contributed by atoms with E-state index in [2.05, 4.69) is 34.6 Å². The highest BCUT2D eigenvalue weighted by molar-refractivity contribution is 5.76. The Labute approximate surface area is 173 Å². The Morgan fingerprint density at radius 2 is 1.11 bits per heavy atom. The van der Waals surface area contributed by atoms with E-state index in [9.17, 15) is 9.59 Å². The van der Waals surface area contributed by atoms with Crippen LogP contribution in [0.5, 0.6) is 0 Å². The second-order valence-corrected chi connectivity index (χ2v) is 9.40. The zero-order chi connectivity index (χ0) is 21.4. The average molecular weight is 399 g/mol. The monoisotopic (exact) mass is 398 g/mol. The van der Waals surface area contributed by atoms with Crippen molar-refractivity contribution in [1.29, 1.82) is 0 Å². The van der Waals surface area contributed by atoms with E-state index in [1.807, 2.05) is 0 Å². The molecule has 0 bridgehead atoms. The van der Waals surface area contributed by atoms with Gasteiger partial charge in [-0.25, -0.2) is 0 Å².